The van der Waals surface area contributed by atoms with Gasteiger partial charge in [0.25, 0.3) is 0 Å². The lowest BCUT2D eigenvalue weighted by atomic mass is 10.3. The Kier molecular flexibility index (Phi) is 2.96. The van der Waals surface area contributed by atoms with Crippen LogP contribution >= 0.6 is 0 Å². The van der Waals surface area contributed by atoms with Crippen LogP contribution in [0.4, 0.5) is 11.6 Å². The number of nitrogens with two attached hydrogens (primary N) is 2. The maximum atomic E-state index is 5.63. The largest absolute Gasteiger partial charge is 0.397 e. The first-order chi connectivity index (χ1) is 9.74. The van der Waals surface area contributed by atoms with E-state index >= 15 is 0 Å². The Labute approximate surface area is 114 Å². The molecule has 0 amide bonds. The molecule has 0 aliphatic carbocycles. The molecule has 0 atom stereocenters. The number of H-pyrrole nitrogens is 2. The normalized spacial score (nSPS) is 10.4. The van der Waals surface area contributed by atoms with Crippen LogP contribution in [0.25, 0.3) is 22.1 Å². The van der Waals surface area contributed by atoms with Crippen molar-refractivity contribution < 1.29 is 0 Å². The first-order valence-electron chi connectivity index (χ1n) is 6.12. The molecule has 6 N–H and O–H groups in total. The third-order valence-corrected chi connectivity index (χ3v) is 2.89. The van der Waals surface area contributed by atoms with E-state index in [1.165, 1.54) is 0 Å². The number of rotatable bonds is 0. The van der Waals surface area contributed by atoms with E-state index in [1.807, 2.05) is 36.4 Å². The van der Waals surface area contributed by atoms with Crippen LogP contribution in [0.1, 0.15) is 0 Å². The molecule has 0 aliphatic rings. The van der Waals surface area contributed by atoms with Gasteiger partial charge >= 0.3 is 0 Å². The van der Waals surface area contributed by atoms with E-state index in [1.54, 1.807) is 12.4 Å². The second-order valence-corrected chi connectivity index (χ2v) is 4.29. The number of fused-ring (bicyclic) bond motifs is 2. The van der Waals surface area contributed by atoms with E-state index in [0.29, 0.717) is 11.6 Å². The van der Waals surface area contributed by atoms with E-state index in [4.69, 9.17) is 11.5 Å². The molecule has 2 aromatic carbocycles. The van der Waals surface area contributed by atoms with Gasteiger partial charge in [-0.15, -0.1) is 0 Å². The summed E-state index contributed by atoms with van der Waals surface area (Å²) in [6, 6.07) is 13.5. The maximum absolute atomic E-state index is 5.63. The van der Waals surface area contributed by atoms with Crippen molar-refractivity contribution in [2.75, 3.05) is 11.5 Å². The molecular weight excluding hydrogens is 252 g/mol. The molecule has 100 valence electrons. The van der Waals surface area contributed by atoms with Crippen LogP contribution in [0.5, 0.6) is 0 Å². The summed E-state index contributed by atoms with van der Waals surface area (Å²) in [5, 5.41) is 0. The molecule has 0 saturated carbocycles. The van der Waals surface area contributed by atoms with Crippen molar-refractivity contribution in [2.45, 2.75) is 0 Å². The Morgan fingerprint density at radius 3 is 2.50 bits per heavy atom. The Morgan fingerprint density at radius 2 is 1.70 bits per heavy atom. The van der Waals surface area contributed by atoms with E-state index in [9.17, 15) is 0 Å². The van der Waals surface area contributed by atoms with Gasteiger partial charge in [0.05, 0.1) is 28.6 Å². The van der Waals surface area contributed by atoms with Crippen LogP contribution in [-0.2, 0) is 0 Å². The summed E-state index contributed by atoms with van der Waals surface area (Å²) in [7, 11) is 0. The van der Waals surface area contributed by atoms with Crippen molar-refractivity contribution in [2.24, 2.45) is 0 Å². The zero-order valence-electron chi connectivity index (χ0n) is 10.7. The Balaban J connectivity index is 0.000000123. The minimum absolute atomic E-state index is 0.401. The Bertz CT molecular complexity index is 815. The molecular formula is C14H14N6. The second kappa shape index (κ2) is 4.93. The highest BCUT2D eigenvalue weighted by atomic mass is 15.0. The molecule has 2 heterocycles. The molecule has 2 aromatic heterocycles. The first kappa shape index (κ1) is 12.0. The third-order valence-electron chi connectivity index (χ3n) is 2.89. The third kappa shape index (κ3) is 2.26. The number of aromatic amines is 2. The quantitative estimate of drug-likeness (QED) is 0.366. The van der Waals surface area contributed by atoms with Gasteiger partial charge < -0.3 is 21.4 Å². The van der Waals surface area contributed by atoms with Crippen LogP contribution in [0, 0.1) is 0 Å². The predicted molar refractivity (Wildman–Crippen MR) is 81.0 cm³/mol. The second-order valence-electron chi connectivity index (χ2n) is 4.29. The Morgan fingerprint density at radius 1 is 0.900 bits per heavy atom. The summed E-state index contributed by atoms with van der Waals surface area (Å²) >= 11 is 0. The number of hydrogen-bond donors (Lipinski definition) is 4. The van der Waals surface area contributed by atoms with Gasteiger partial charge in [-0.05, 0) is 24.3 Å². The summed E-state index contributed by atoms with van der Waals surface area (Å²) in [4.78, 5) is 14.0. The standard InChI is InChI=1S/C7H8N4.C7H6N2/c8-4-2-1-3-5-6(4)11-7(9)10-5;1-2-4-7-6(3-1)8-5-9-7/h1-3H,8H2,(H3,9,10,11);1-5H,(H,8,9). The van der Waals surface area contributed by atoms with Crippen molar-refractivity contribution in [3.63, 3.8) is 0 Å². The molecule has 4 rings (SSSR count). The number of para-hydroxylation sites is 3. The van der Waals surface area contributed by atoms with Gasteiger partial charge in [-0.25, -0.2) is 9.97 Å². The van der Waals surface area contributed by atoms with Gasteiger partial charge in [0, 0.05) is 0 Å². The monoisotopic (exact) mass is 266 g/mol. The van der Waals surface area contributed by atoms with Crippen LogP contribution in [-0.4, -0.2) is 19.9 Å². The molecule has 6 heteroatoms. The highest BCUT2D eigenvalue weighted by molar-refractivity contribution is 5.88. The van der Waals surface area contributed by atoms with Gasteiger partial charge in [0.15, 0.2) is 5.95 Å². The number of hydrogen-bond acceptors (Lipinski definition) is 4. The van der Waals surface area contributed by atoms with Crippen LogP contribution < -0.4 is 11.5 Å². The van der Waals surface area contributed by atoms with Crippen LogP contribution in [0.3, 0.4) is 0 Å². The summed E-state index contributed by atoms with van der Waals surface area (Å²) in [6.07, 6.45) is 1.70. The minimum atomic E-state index is 0.401. The lowest BCUT2D eigenvalue weighted by Gasteiger charge is -1.90. The summed E-state index contributed by atoms with van der Waals surface area (Å²) < 4.78 is 0. The molecule has 0 spiro atoms. The van der Waals surface area contributed by atoms with Crippen molar-refractivity contribution >= 4 is 33.7 Å². The first-order valence-corrected chi connectivity index (χ1v) is 6.12. The molecule has 0 aliphatic heterocycles. The molecule has 0 radical (unpaired) electrons. The van der Waals surface area contributed by atoms with E-state index in [2.05, 4.69) is 19.9 Å². The average molecular weight is 266 g/mol. The minimum Gasteiger partial charge on any atom is -0.397 e. The fourth-order valence-electron chi connectivity index (χ4n) is 1.95. The number of nitrogens with one attached hydrogen (secondary N) is 2. The number of nitrogens with zero attached hydrogens (tertiary/aromatic N) is 2. The molecule has 20 heavy (non-hydrogen) atoms. The number of anilines is 2. The smallest absolute Gasteiger partial charge is 0.198 e. The summed E-state index contributed by atoms with van der Waals surface area (Å²) in [5.41, 5.74) is 15.5. The Hall–Kier alpha value is -3.02. The fraction of sp³-hybridized carbons (Fsp3) is 0. The average Bonchev–Trinajstić information content (AvgIpc) is 3.05. The van der Waals surface area contributed by atoms with Crippen molar-refractivity contribution in [1.29, 1.82) is 0 Å². The van der Waals surface area contributed by atoms with Crippen LogP contribution in [0.2, 0.25) is 0 Å². The van der Waals surface area contributed by atoms with Gasteiger partial charge in [-0.2, -0.15) is 0 Å². The maximum Gasteiger partial charge on any atom is 0.198 e. The van der Waals surface area contributed by atoms with Gasteiger partial charge in [-0.3, -0.25) is 0 Å². The topological polar surface area (TPSA) is 109 Å². The number of imidazole rings is 2. The summed E-state index contributed by atoms with van der Waals surface area (Å²) in [6.45, 7) is 0. The van der Waals surface area contributed by atoms with Crippen molar-refractivity contribution in [3.05, 3.63) is 48.8 Å². The summed E-state index contributed by atoms with van der Waals surface area (Å²) in [5.74, 6) is 0.401. The molecule has 0 bridgehead atoms. The highest BCUT2D eigenvalue weighted by Crippen LogP contribution is 2.18. The van der Waals surface area contributed by atoms with Crippen molar-refractivity contribution in [3.8, 4) is 0 Å². The number of nitrogen functional groups attached to an aromatic ring is 2. The van der Waals surface area contributed by atoms with Gasteiger partial charge in [0.1, 0.15) is 5.52 Å². The lowest BCUT2D eigenvalue weighted by Crippen LogP contribution is -1.86. The predicted octanol–water partition coefficient (Wildman–Crippen LogP) is 2.29. The van der Waals surface area contributed by atoms with Gasteiger partial charge in [-0.1, -0.05) is 18.2 Å². The molecule has 4 aromatic rings. The molecule has 0 fully saturated rings. The van der Waals surface area contributed by atoms with E-state index < -0.39 is 0 Å². The number of aromatic nitrogens is 4. The lowest BCUT2D eigenvalue weighted by molar-refractivity contribution is 1.34. The molecule has 6 nitrogen and oxygen atoms in total. The fourth-order valence-corrected chi connectivity index (χ4v) is 1.95. The molecule has 0 saturated heterocycles. The zero-order valence-corrected chi connectivity index (χ0v) is 10.7. The zero-order chi connectivity index (χ0) is 13.9. The van der Waals surface area contributed by atoms with E-state index in [-0.39, 0.29) is 0 Å². The van der Waals surface area contributed by atoms with Gasteiger partial charge in [0.2, 0.25) is 0 Å². The highest BCUT2D eigenvalue weighted by Gasteiger charge is 2.00. The van der Waals surface area contributed by atoms with Crippen molar-refractivity contribution in [1.82, 2.24) is 19.9 Å². The van der Waals surface area contributed by atoms with Crippen LogP contribution in [0.15, 0.2) is 48.8 Å². The number of benzene rings is 2. The molecule has 0 unspecified atom stereocenters. The SMILES string of the molecule is Nc1nc2c(N)cccc2[nH]1.c1ccc2[nH]cnc2c1. The van der Waals surface area contributed by atoms with E-state index in [0.717, 1.165) is 22.1 Å².